The van der Waals surface area contributed by atoms with Gasteiger partial charge >= 0.3 is 12.1 Å². The number of urea groups is 2. The molecule has 0 radical (unpaired) electrons. The topological polar surface area (TPSA) is 234 Å². The summed E-state index contributed by atoms with van der Waals surface area (Å²) in [4.78, 5) is 117. The number of nitrogens with one attached hydrogen (secondary N) is 7. The normalized spacial score (nSPS) is 26.7. The van der Waals surface area contributed by atoms with Crippen LogP contribution in [0, 0.1) is 0 Å². The second-order valence-electron chi connectivity index (χ2n) is 22.2. The average Bonchev–Trinajstić information content (AvgIpc) is 4.42. The molecule has 0 spiro atoms. The van der Waals surface area contributed by atoms with Gasteiger partial charge in [0.1, 0.15) is 24.2 Å². The van der Waals surface area contributed by atoms with Gasteiger partial charge in [0, 0.05) is 66.9 Å². The number of fused-ring (bicyclic) bond motifs is 2. The van der Waals surface area contributed by atoms with E-state index in [1.54, 1.807) is 40.5 Å². The van der Waals surface area contributed by atoms with Crippen LogP contribution in [0.25, 0.3) is 0 Å². The van der Waals surface area contributed by atoms with E-state index in [1.165, 1.54) is 11.1 Å². The molecule has 2 aliphatic carbocycles. The van der Waals surface area contributed by atoms with Crippen LogP contribution in [0.15, 0.2) is 109 Å². The Kier molecular flexibility index (Phi) is 16.6. The molecule has 0 aromatic heterocycles. The number of hydrogen-bond donors (Lipinski definition) is 7. The van der Waals surface area contributed by atoms with Crippen molar-refractivity contribution in [1.29, 1.82) is 0 Å². The zero-order chi connectivity index (χ0) is 55.3. The zero-order valence-corrected chi connectivity index (χ0v) is 45.2. The number of carbonyl (C=O) groups is 8. The number of amides is 10. The van der Waals surface area contributed by atoms with Crippen molar-refractivity contribution in [2.75, 3.05) is 43.9 Å². The summed E-state index contributed by atoms with van der Waals surface area (Å²) in [5.74, 6) is -1.33. The van der Waals surface area contributed by atoms with Crippen molar-refractivity contribution in [3.8, 4) is 0 Å². The van der Waals surface area contributed by atoms with Gasteiger partial charge < -0.3 is 56.8 Å². The average molecular weight is 1080 g/mol. The lowest BCUT2D eigenvalue weighted by Crippen LogP contribution is -2.62. The van der Waals surface area contributed by atoms with Gasteiger partial charge in [0.2, 0.25) is 35.4 Å². The molecule has 19 nitrogen and oxygen atoms in total. The van der Waals surface area contributed by atoms with Gasteiger partial charge in [-0.1, -0.05) is 91.9 Å². The number of likely N-dealkylation sites (N-methyl/N-ethyl adjacent to an activating group) is 1. The summed E-state index contributed by atoms with van der Waals surface area (Å²) in [5.41, 5.74) is 5.41. The first-order valence-corrected chi connectivity index (χ1v) is 28.2. The van der Waals surface area contributed by atoms with Gasteiger partial charge in [0.05, 0.1) is 19.1 Å². The number of carbonyl (C=O) groups excluding carboxylic acids is 8. The predicted molar refractivity (Wildman–Crippen MR) is 298 cm³/mol. The first-order valence-electron chi connectivity index (χ1n) is 28.2. The van der Waals surface area contributed by atoms with E-state index in [-0.39, 0.29) is 85.0 Å². The lowest BCUT2D eigenvalue weighted by molar-refractivity contribution is -0.144. The molecule has 6 fully saturated rings. The largest absolute Gasteiger partial charge is 0.351 e. The Balaban J connectivity index is 0.723. The monoisotopic (exact) mass is 1080 g/mol. The minimum atomic E-state index is -1.07. The minimum Gasteiger partial charge on any atom is -0.351 e. The third-order valence-corrected chi connectivity index (χ3v) is 16.9. The fourth-order valence-corrected chi connectivity index (χ4v) is 12.0. The Morgan fingerprint density at radius 3 is 1.39 bits per heavy atom. The number of hydrogen-bond acceptors (Lipinski definition) is 9. The highest BCUT2D eigenvalue weighted by atomic mass is 16.2. The molecule has 2 saturated carbocycles. The van der Waals surface area contributed by atoms with E-state index in [0.29, 0.717) is 69.4 Å². The van der Waals surface area contributed by atoms with Crippen LogP contribution in [-0.4, -0.2) is 155 Å². The summed E-state index contributed by atoms with van der Waals surface area (Å²) in [7, 11) is 1.65. The van der Waals surface area contributed by atoms with Gasteiger partial charge in [-0.05, 0) is 118 Å². The van der Waals surface area contributed by atoms with Crippen LogP contribution < -0.4 is 37.2 Å². The van der Waals surface area contributed by atoms with Crippen molar-refractivity contribution >= 4 is 58.9 Å². The van der Waals surface area contributed by atoms with Gasteiger partial charge in [-0.25, -0.2) is 9.59 Å². The molecule has 4 heterocycles. The summed E-state index contributed by atoms with van der Waals surface area (Å²) in [6, 6.07) is 29.7. The third kappa shape index (κ3) is 12.7. The van der Waals surface area contributed by atoms with Gasteiger partial charge in [-0.15, -0.1) is 0 Å². The van der Waals surface area contributed by atoms with Crippen molar-refractivity contribution in [3.05, 3.63) is 131 Å². The maximum atomic E-state index is 14.5. The molecule has 0 bridgehead atoms. The zero-order valence-electron chi connectivity index (χ0n) is 45.2. The number of rotatable bonds is 15. The van der Waals surface area contributed by atoms with E-state index in [2.05, 4.69) is 61.5 Å². The van der Waals surface area contributed by atoms with E-state index in [1.807, 2.05) is 84.9 Å². The van der Waals surface area contributed by atoms with Crippen LogP contribution in [-0.2, 0) is 35.2 Å². The van der Waals surface area contributed by atoms with Gasteiger partial charge in [-0.3, -0.25) is 28.8 Å². The van der Waals surface area contributed by atoms with Crippen LogP contribution in [0.2, 0.25) is 0 Å². The minimum absolute atomic E-state index is 0.00193. The Labute approximate surface area is 461 Å². The number of nitrogens with zero attached hydrogens (tertiary/aromatic N) is 4. The standard InChI is InChI=1S/C60H73N11O8/c1-4-53(72)64-49-34-68(29-27-43-23-25-51(70(43)57(49)76)55(74)65-47-32-45(47)39-11-7-5-8-12-39)59(78)62-41-19-15-37(16-20-41)31-38-17-21-42(22-18-38)63-60(79)69-30-28-44-24-26-52(56(75)66-48-33-46(48)40-13-9-6-10-14-40)71(44)58(77)50(35-69)67-54(73)36(2)61-3/h5-22,36,43-52,61H,4,23-35H2,1-3H3,(H,62,78)(H,63,79)(H,64,72)(H,65,74)(H,66,75)(H,67,73)/t36-,43+,44+,45+,46+,47-,48-,49-,50-,51?,52-/m0/s1. The van der Waals surface area contributed by atoms with E-state index < -0.39 is 48.2 Å². The first-order chi connectivity index (χ1) is 38.2. The van der Waals surface area contributed by atoms with Crippen LogP contribution >= 0.6 is 0 Å². The molecule has 11 atom stereocenters. The molecule has 4 aromatic rings. The molecule has 1 unspecified atom stereocenters. The Hall–Kier alpha value is -7.80. The molecule has 4 aromatic carbocycles. The van der Waals surface area contributed by atoms with Gasteiger partial charge in [-0.2, -0.15) is 0 Å². The van der Waals surface area contributed by atoms with Crippen LogP contribution in [0.5, 0.6) is 0 Å². The molecule has 4 aliphatic heterocycles. The fraction of sp³-hybridized carbons (Fsp3) is 0.467. The summed E-state index contributed by atoms with van der Waals surface area (Å²) >= 11 is 0. The van der Waals surface area contributed by atoms with E-state index in [9.17, 15) is 38.4 Å². The van der Waals surface area contributed by atoms with Crippen molar-refractivity contribution in [3.63, 3.8) is 0 Å². The SMILES string of the molecule is CCC(=O)N[C@H]1CN(C(=O)Nc2ccc(Cc3ccc(NC(=O)N4CC[C@H]5CC[C@@H](C(=O)N[C@H]6C[C@@H]6c6ccccc6)N5C(=O)[C@@H](NC(=O)[C@H](C)NC)C4)cc3)cc2)CC[C@H]2CCC(C(=O)N[C@H]3C[C@@H]3c3ccccc3)N2C1=O. The molecule has 10 rings (SSSR count). The Morgan fingerprint density at radius 1 is 0.544 bits per heavy atom. The highest BCUT2D eigenvalue weighted by molar-refractivity contribution is 5.97. The highest BCUT2D eigenvalue weighted by Crippen LogP contribution is 2.42. The molecule has 4 saturated heterocycles. The van der Waals surface area contributed by atoms with Gasteiger partial charge in [0.15, 0.2) is 0 Å². The molecule has 10 amide bonds. The van der Waals surface area contributed by atoms with Gasteiger partial charge in [0.25, 0.3) is 0 Å². The molecule has 416 valence electrons. The number of benzene rings is 4. The Bertz CT molecular complexity index is 2890. The maximum absolute atomic E-state index is 14.5. The summed E-state index contributed by atoms with van der Waals surface area (Å²) < 4.78 is 0. The van der Waals surface area contributed by atoms with Crippen LogP contribution in [0.3, 0.4) is 0 Å². The van der Waals surface area contributed by atoms with E-state index in [0.717, 1.165) is 24.0 Å². The van der Waals surface area contributed by atoms with E-state index in [4.69, 9.17) is 0 Å². The smallest absolute Gasteiger partial charge is 0.321 e. The summed E-state index contributed by atoms with van der Waals surface area (Å²) in [6.45, 7) is 3.90. The predicted octanol–water partition coefficient (Wildman–Crippen LogP) is 4.80. The first kappa shape index (κ1) is 54.6. The quantitative estimate of drug-likeness (QED) is 0.0865. The van der Waals surface area contributed by atoms with Crippen LogP contribution in [0.1, 0.15) is 106 Å². The second-order valence-corrected chi connectivity index (χ2v) is 22.2. The summed E-state index contributed by atoms with van der Waals surface area (Å²) in [6.07, 6.45) is 5.58. The van der Waals surface area contributed by atoms with Crippen molar-refractivity contribution in [2.24, 2.45) is 0 Å². The molecular weight excluding hydrogens is 1000 g/mol. The third-order valence-electron chi connectivity index (χ3n) is 16.9. The molecule has 7 N–H and O–H groups in total. The maximum Gasteiger partial charge on any atom is 0.321 e. The van der Waals surface area contributed by atoms with Crippen molar-refractivity contribution < 1.29 is 38.4 Å². The molecule has 6 aliphatic rings. The summed E-state index contributed by atoms with van der Waals surface area (Å²) in [5, 5.41) is 21.0. The molecule has 79 heavy (non-hydrogen) atoms. The highest BCUT2D eigenvalue weighted by Gasteiger charge is 2.50. The molecular formula is C60H73N11O8. The lowest BCUT2D eigenvalue weighted by Gasteiger charge is -2.39. The second kappa shape index (κ2) is 24.1. The van der Waals surface area contributed by atoms with Crippen LogP contribution in [0.4, 0.5) is 21.0 Å². The van der Waals surface area contributed by atoms with Crippen molar-refractivity contribution in [1.82, 2.24) is 46.2 Å². The number of anilines is 2. The Morgan fingerprint density at radius 2 is 0.975 bits per heavy atom. The van der Waals surface area contributed by atoms with E-state index >= 15 is 0 Å². The fourth-order valence-electron chi connectivity index (χ4n) is 12.0. The lowest BCUT2D eigenvalue weighted by atomic mass is 10.0. The van der Waals surface area contributed by atoms with Crippen molar-refractivity contribution in [2.45, 2.75) is 144 Å². The molecule has 19 heteroatoms.